The van der Waals surface area contributed by atoms with Crippen LogP contribution in [0.15, 0.2) is 47.4 Å². The molecule has 138 valence electrons. The lowest BCUT2D eigenvalue weighted by Gasteiger charge is -2.31. The van der Waals surface area contributed by atoms with Crippen molar-refractivity contribution < 1.29 is 14.1 Å². The highest BCUT2D eigenvalue weighted by Gasteiger charge is 2.29. The Morgan fingerprint density at radius 1 is 1.30 bits per heavy atom. The highest BCUT2D eigenvalue weighted by Crippen LogP contribution is 2.28. The van der Waals surface area contributed by atoms with Gasteiger partial charge in [-0.15, -0.1) is 0 Å². The van der Waals surface area contributed by atoms with Crippen LogP contribution in [0.3, 0.4) is 0 Å². The minimum absolute atomic E-state index is 0.0202. The van der Waals surface area contributed by atoms with Gasteiger partial charge in [-0.25, -0.2) is 4.98 Å². The van der Waals surface area contributed by atoms with Crippen molar-refractivity contribution in [1.29, 1.82) is 0 Å². The number of piperidine rings is 1. The molecule has 1 aliphatic heterocycles. The summed E-state index contributed by atoms with van der Waals surface area (Å²) >= 11 is 0. The summed E-state index contributed by atoms with van der Waals surface area (Å²) in [7, 11) is 1.54. The average Bonchev–Trinajstić information content (AvgIpc) is 3.24. The van der Waals surface area contributed by atoms with Gasteiger partial charge in [0.25, 0.3) is 5.91 Å². The summed E-state index contributed by atoms with van der Waals surface area (Å²) in [5.41, 5.74) is 1.35. The van der Waals surface area contributed by atoms with Crippen LogP contribution in [0.1, 0.15) is 35.0 Å². The maximum Gasteiger partial charge on any atom is 0.255 e. The predicted molar refractivity (Wildman–Crippen MR) is 96.2 cm³/mol. The number of nitrogens with zero attached hydrogens (tertiary/aromatic N) is 5. The Kier molecular flexibility index (Phi) is 4.78. The van der Waals surface area contributed by atoms with Crippen molar-refractivity contribution in [2.24, 2.45) is 0 Å². The van der Waals surface area contributed by atoms with Crippen LogP contribution in [0.5, 0.6) is 5.88 Å². The highest BCUT2D eigenvalue weighted by atomic mass is 16.5. The predicted octanol–water partition coefficient (Wildman–Crippen LogP) is 2.56. The monoisotopic (exact) mass is 365 g/mol. The molecule has 0 radical (unpaired) electrons. The SMILES string of the molecule is COc1ccc(C(=O)N2CCC[C@H](c3nc(-c4cccnc4)no3)C2)cn1. The molecule has 0 N–H and O–H groups in total. The molecule has 1 aliphatic rings. The molecule has 0 spiro atoms. The Morgan fingerprint density at radius 3 is 2.96 bits per heavy atom. The Bertz CT molecular complexity index is 911. The van der Waals surface area contributed by atoms with Crippen molar-refractivity contribution in [3.8, 4) is 17.3 Å². The molecular formula is C19H19N5O3. The fraction of sp³-hybridized carbons (Fsp3) is 0.316. The Balaban J connectivity index is 1.48. The molecule has 0 saturated carbocycles. The fourth-order valence-corrected chi connectivity index (χ4v) is 3.19. The molecule has 1 amide bonds. The minimum atomic E-state index is -0.0538. The highest BCUT2D eigenvalue weighted by molar-refractivity contribution is 5.94. The van der Waals surface area contributed by atoms with Crippen LogP contribution >= 0.6 is 0 Å². The Hall–Kier alpha value is -3.29. The van der Waals surface area contributed by atoms with Crippen molar-refractivity contribution >= 4 is 5.91 Å². The summed E-state index contributed by atoms with van der Waals surface area (Å²) in [6.07, 6.45) is 6.72. The minimum Gasteiger partial charge on any atom is -0.481 e. The maximum atomic E-state index is 12.8. The van der Waals surface area contributed by atoms with Gasteiger partial charge in [0.15, 0.2) is 0 Å². The number of likely N-dealkylation sites (tertiary alicyclic amines) is 1. The van der Waals surface area contributed by atoms with E-state index in [1.807, 2.05) is 17.0 Å². The molecule has 4 heterocycles. The van der Waals surface area contributed by atoms with E-state index in [1.165, 1.54) is 6.20 Å². The van der Waals surface area contributed by atoms with Gasteiger partial charge in [-0.05, 0) is 31.0 Å². The van der Waals surface area contributed by atoms with Gasteiger partial charge in [0.05, 0.1) is 18.6 Å². The van der Waals surface area contributed by atoms with Gasteiger partial charge in [-0.1, -0.05) is 5.16 Å². The Morgan fingerprint density at radius 2 is 2.22 bits per heavy atom. The van der Waals surface area contributed by atoms with E-state index in [0.717, 1.165) is 18.4 Å². The third-order valence-electron chi connectivity index (χ3n) is 4.61. The normalized spacial score (nSPS) is 16.9. The lowest BCUT2D eigenvalue weighted by Crippen LogP contribution is -2.39. The topological polar surface area (TPSA) is 94.2 Å². The molecule has 8 heteroatoms. The van der Waals surface area contributed by atoms with E-state index in [1.54, 1.807) is 31.6 Å². The van der Waals surface area contributed by atoms with Crippen molar-refractivity contribution in [2.45, 2.75) is 18.8 Å². The number of pyridine rings is 2. The smallest absolute Gasteiger partial charge is 0.255 e. The van der Waals surface area contributed by atoms with Gasteiger partial charge in [0, 0.05) is 43.3 Å². The first-order valence-electron chi connectivity index (χ1n) is 8.78. The second-order valence-corrected chi connectivity index (χ2v) is 6.38. The summed E-state index contributed by atoms with van der Waals surface area (Å²) in [6.45, 7) is 1.24. The van der Waals surface area contributed by atoms with Gasteiger partial charge in [-0.3, -0.25) is 9.78 Å². The van der Waals surface area contributed by atoms with Crippen LogP contribution in [-0.2, 0) is 0 Å². The van der Waals surface area contributed by atoms with Crippen molar-refractivity contribution in [2.75, 3.05) is 20.2 Å². The van der Waals surface area contributed by atoms with Gasteiger partial charge < -0.3 is 14.2 Å². The van der Waals surface area contributed by atoms with Crippen LogP contribution in [0.4, 0.5) is 0 Å². The first kappa shape index (κ1) is 17.1. The molecule has 27 heavy (non-hydrogen) atoms. The van der Waals surface area contributed by atoms with Crippen molar-refractivity contribution in [3.63, 3.8) is 0 Å². The molecule has 1 atom stereocenters. The number of hydrogen-bond acceptors (Lipinski definition) is 7. The van der Waals surface area contributed by atoms with E-state index in [2.05, 4.69) is 20.1 Å². The third-order valence-corrected chi connectivity index (χ3v) is 4.61. The van der Waals surface area contributed by atoms with Crippen LogP contribution in [-0.4, -0.2) is 51.1 Å². The average molecular weight is 365 g/mol. The molecule has 1 fully saturated rings. The number of hydrogen-bond donors (Lipinski definition) is 0. The number of rotatable bonds is 4. The number of ether oxygens (including phenoxy) is 1. The van der Waals surface area contributed by atoms with E-state index in [4.69, 9.17) is 9.26 Å². The molecule has 0 bridgehead atoms. The summed E-state index contributed by atoms with van der Waals surface area (Å²) in [4.78, 5) is 27.3. The van der Waals surface area contributed by atoms with Crippen LogP contribution in [0.2, 0.25) is 0 Å². The third kappa shape index (κ3) is 3.64. The molecule has 3 aromatic rings. The van der Waals surface area contributed by atoms with Crippen LogP contribution in [0, 0.1) is 0 Å². The van der Waals surface area contributed by atoms with Crippen LogP contribution in [0.25, 0.3) is 11.4 Å². The molecule has 1 saturated heterocycles. The Labute approximate surface area is 156 Å². The zero-order chi connectivity index (χ0) is 18.6. The van der Waals surface area contributed by atoms with Gasteiger partial charge in [0.2, 0.25) is 17.6 Å². The summed E-state index contributed by atoms with van der Waals surface area (Å²) < 4.78 is 10.5. The fourth-order valence-electron chi connectivity index (χ4n) is 3.19. The first-order chi connectivity index (χ1) is 13.2. The number of amides is 1. The van der Waals surface area contributed by atoms with E-state index < -0.39 is 0 Å². The number of carbonyl (C=O) groups is 1. The zero-order valence-corrected chi connectivity index (χ0v) is 14.9. The van der Waals surface area contributed by atoms with Gasteiger partial charge >= 0.3 is 0 Å². The molecule has 0 aliphatic carbocycles. The number of carbonyl (C=O) groups excluding carboxylic acids is 1. The lowest BCUT2D eigenvalue weighted by atomic mass is 9.97. The number of methoxy groups -OCH3 is 1. The van der Waals surface area contributed by atoms with Gasteiger partial charge in [-0.2, -0.15) is 4.98 Å². The van der Waals surface area contributed by atoms with Gasteiger partial charge in [0.1, 0.15) is 0 Å². The standard InChI is InChI=1S/C19H19N5O3/c1-26-16-7-6-14(11-21-16)19(25)24-9-3-5-15(12-24)18-22-17(23-27-18)13-4-2-8-20-10-13/h2,4,6-8,10-11,15H,3,5,9,12H2,1H3/t15-/m0/s1. The molecule has 4 rings (SSSR count). The van der Waals surface area contributed by atoms with E-state index in [-0.39, 0.29) is 11.8 Å². The van der Waals surface area contributed by atoms with Crippen molar-refractivity contribution in [3.05, 3.63) is 54.3 Å². The molecule has 8 nitrogen and oxygen atoms in total. The maximum absolute atomic E-state index is 12.8. The second-order valence-electron chi connectivity index (χ2n) is 6.38. The molecular weight excluding hydrogens is 346 g/mol. The van der Waals surface area contributed by atoms with E-state index >= 15 is 0 Å². The first-order valence-corrected chi connectivity index (χ1v) is 8.78. The molecule has 0 unspecified atom stereocenters. The summed E-state index contributed by atoms with van der Waals surface area (Å²) in [5.74, 6) is 1.52. The van der Waals surface area contributed by atoms with E-state index in [0.29, 0.717) is 36.2 Å². The lowest BCUT2D eigenvalue weighted by molar-refractivity contribution is 0.0695. The summed E-state index contributed by atoms with van der Waals surface area (Å²) in [6, 6.07) is 7.13. The summed E-state index contributed by atoms with van der Waals surface area (Å²) in [5, 5.41) is 4.06. The second kappa shape index (κ2) is 7.53. The van der Waals surface area contributed by atoms with Crippen LogP contribution < -0.4 is 4.74 Å². The quantitative estimate of drug-likeness (QED) is 0.701. The molecule has 0 aromatic carbocycles. The largest absolute Gasteiger partial charge is 0.481 e. The van der Waals surface area contributed by atoms with Crippen molar-refractivity contribution in [1.82, 2.24) is 25.0 Å². The molecule has 3 aromatic heterocycles. The van der Waals surface area contributed by atoms with E-state index in [9.17, 15) is 4.79 Å². The zero-order valence-electron chi connectivity index (χ0n) is 14.9. The number of aromatic nitrogens is 4.